The van der Waals surface area contributed by atoms with Crippen LogP contribution in [0.4, 0.5) is 0 Å². The zero-order chi connectivity index (χ0) is 16.8. The first-order valence-corrected chi connectivity index (χ1v) is 8.53. The van der Waals surface area contributed by atoms with E-state index in [1.165, 1.54) is 6.42 Å². The number of hydrogen-bond donors (Lipinski definition) is 2. The highest BCUT2D eigenvalue weighted by Crippen LogP contribution is 2.11. The summed E-state index contributed by atoms with van der Waals surface area (Å²) in [6.45, 7) is 8.21. The Hall–Kier alpha value is -1.75. The predicted octanol–water partition coefficient (Wildman–Crippen LogP) is 2.96. The number of unbranched alkanes of at least 4 members (excludes halogenated alkanes) is 1. The number of methoxy groups -OCH3 is 1. The number of benzene rings is 1. The lowest BCUT2D eigenvalue weighted by Gasteiger charge is -2.12. The van der Waals surface area contributed by atoms with Gasteiger partial charge in [0.2, 0.25) is 0 Å². The van der Waals surface area contributed by atoms with Crippen LogP contribution in [-0.2, 0) is 11.3 Å². The third kappa shape index (κ3) is 9.08. The average molecular weight is 321 g/mol. The van der Waals surface area contributed by atoms with E-state index in [4.69, 9.17) is 9.47 Å². The van der Waals surface area contributed by atoms with Crippen molar-refractivity contribution in [3.05, 3.63) is 29.8 Å². The summed E-state index contributed by atoms with van der Waals surface area (Å²) in [6, 6.07) is 8.01. The average Bonchev–Trinajstić information content (AvgIpc) is 2.59. The molecule has 5 nitrogen and oxygen atoms in total. The molecule has 130 valence electrons. The Balaban J connectivity index is 2.47. The SMILES string of the molecule is CCCCNC(=NCc1ccc(OC)cc1)NCCCOCC. The Morgan fingerprint density at radius 3 is 2.35 bits per heavy atom. The fourth-order valence-corrected chi connectivity index (χ4v) is 1.98. The van der Waals surface area contributed by atoms with Crippen molar-refractivity contribution < 1.29 is 9.47 Å². The minimum atomic E-state index is 0.650. The molecule has 5 heteroatoms. The molecule has 0 spiro atoms. The Kier molecular flexibility index (Phi) is 10.7. The molecule has 2 N–H and O–H groups in total. The summed E-state index contributed by atoms with van der Waals surface area (Å²) in [5.74, 6) is 1.74. The summed E-state index contributed by atoms with van der Waals surface area (Å²) in [6.07, 6.45) is 3.29. The summed E-state index contributed by atoms with van der Waals surface area (Å²) in [7, 11) is 1.68. The molecule has 0 fully saturated rings. The molecular formula is C18H31N3O2. The topological polar surface area (TPSA) is 54.9 Å². The van der Waals surface area contributed by atoms with Gasteiger partial charge in [-0.1, -0.05) is 25.5 Å². The molecule has 0 aromatic heterocycles. The van der Waals surface area contributed by atoms with E-state index in [2.05, 4.69) is 22.5 Å². The van der Waals surface area contributed by atoms with E-state index in [0.29, 0.717) is 6.54 Å². The van der Waals surface area contributed by atoms with Crippen molar-refractivity contribution in [3.63, 3.8) is 0 Å². The van der Waals surface area contributed by atoms with Gasteiger partial charge in [-0.2, -0.15) is 0 Å². The third-order valence-electron chi connectivity index (χ3n) is 3.36. The van der Waals surface area contributed by atoms with Crippen LogP contribution in [0.2, 0.25) is 0 Å². The Bertz CT molecular complexity index is 432. The van der Waals surface area contributed by atoms with E-state index >= 15 is 0 Å². The first kappa shape index (κ1) is 19.3. The molecule has 23 heavy (non-hydrogen) atoms. The van der Waals surface area contributed by atoms with Gasteiger partial charge in [0.05, 0.1) is 13.7 Å². The largest absolute Gasteiger partial charge is 0.497 e. The van der Waals surface area contributed by atoms with Gasteiger partial charge < -0.3 is 20.1 Å². The monoisotopic (exact) mass is 321 g/mol. The Morgan fingerprint density at radius 1 is 1.04 bits per heavy atom. The fraction of sp³-hybridized carbons (Fsp3) is 0.611. The lowest BCUT2D eigenvalue weighted by molar-refractivity contribution is 0.145. The molecule has 0 radical (unpaired) electrons. The number of rotatable bonds is 11. The van der Waals surface area contributed by atoms with Crippen molar-refractivity contribution in [2.75, 3.05) is 33.4 Å². The summed E-state index contributed by atoms with van der Waals surface area (Å²) in [5.41, 5.74) is 1.16. The van der Waals surface area contributed by atoms with Gasteiger partial charge in [0.1, 0.15) is 5.75 Å². The Labute approximate surface area is 140 Å². The molecule has 0 aliphatic carbocycles. The van der Waals surface area contributed by atoms with E-state index < -0.39 is 0 Å². The van der Waals surface area contributed by atoms with Crippen molar-refractivity contribution >= 4 is 5.96 Å². The number of ether oxygens (including phenoxy) is 2. The summed E-state index contributed by atoms with van der Waals surface area (Å²) in [5, 5.41) is 6.74. The smallest absolute Gasteiger partial charge is 0.191 e. The van der Waals surface area contributed by atoms with Gasteiger partial charge in [-0.25, -0.2) is 4.99 Å². The molecule has 1 aromatic rings. The summed E-state index contributed by atoms with van der Waals surface area (Å²) < 4.78 is 10.5. The van der Waals surface area contributed by atoms with E-state index in [0.717, 1.165) is 56.4 Å². The number of guanidine groups is 1. The van der Waals surface area contributed by atoms with Gasteiger partial charge in [-0.15, -0.1) is 0 Å². The molecule has 0 amide bonds. The van der Waals surface area contributed by atoms with Crippen molar-refractivity contribution in [3.8, 4) is 5.75 Å². The van der Waals surface area contributed by atoms with Gasteiger partial charge in [-0.3, -0.25) is 0 Å². The van der Waals surface area contributed by atoms with Crippen LogP contribution in [0.1, 0.15) is 38.7 Å². The van der Waals surface area contributed by atoms with E-state index in [1.54, 1.807) is 7.11 Å². The minimum absolute atomic E-state index is 0.650. The maximum Gasteiger partial charge on any atom is 0.191 e. The lowest BCUT2D eigenvalue weighted by Crippen LogP contribution is -2.38. The normalized spacial score (nSPS) is 11.3. The van der Waals surface area contributed by atoms with Gasteiger partial charge >= 0.3 is 0 Å². The maximum absolute atomic E-state index is 5.35. The Morgan fingerprint density at radius 2 is 1.74 bits per heavy atom. The molecule has 0 bridgehead atoms. The van der Waals surface area contributed by atoms with Crippen LogP contribution in [0.3, 0.4) is 0 Å². The molecule has 0 aliphatic heterocycles. The van der Waals surface area contributed by atoms with Gasteiger partial charge in [0, 0.05) is 26.3 Å². The van der Waals surface area contributed by atoms with Crippen LogP contribution in [0.25, 0.3) is 0 Å². The van der Waals surface area contributed by atoms with Crippen LogP contribution in [0, 0.1) is 0 Å². The molecule has 1 rings (SSSR count). The highest BCUT2D eigenvalue weighted by atomic mass is 16.5. The minimum Gasteiger partial charge on any atom is -0.497 e. The highest BCUT2D eigenvalue weighted by Gasteiger charge is 1.99. The molecule has 0 saturated heterocycles. The van der Waals surface area contributed by atoms with Crippen LogP contribution in [-0.4, -0.2) is 39.4 Å². The first-order chi connectivity index (χ1) is 11.3. The molecular weight excluding hydrogens is 290 g/mol. The van der Waals surface area contributed by atoms with Crippen molar-refractivity contribution in [1.29, 1.82) is 0 Å². The van der Waals surface area contributed by atoms with Crippen LogP contribution in [0.5, 0.6) is 5.75 Å². The second kappa shape index (κ2) is 12.8. The third-order valence-corrected chi connectivity index (χ3v) is 3.36. The maximum atomic E-state index is 5.35. The summed E-state index contributed by atoms with van der Waals surface area (Å²) in [4.78, 5) is 4.65. The van der Waals surface area contributed by atoms with Crippen LogP contribution in [0.15, 0.2) is 29.3 Å². The van der Waals surface area contributed by atoms with E-state index in [9.17, 15) is 0 Å². The molecule has 0 atom stereocenters. The standard InChI is InChI=1S/C18H31N3O2/c1-4-6-12-19-18(20-13-7-14-23-5-2)21-15-16-8-10-17(22-3)11-9-16/h8-11H,4-7,12-15H2,1-3H3,(H2,19,20,21). The first-order valence-electron chi connectivity index (χ1n) is 8.53. The van der Waals surface area contributed by atoms with Crippen molar-refractivity contribution in [2.45, 2.75) is 39.7 Å². The highest BCUT2D eigenvalue weighted by molar-refractivity contribution is 5.79. The number of nitrogens with zero attached hydrogens (tertiary/aromatic N) is 1. The van der Waals surface area contributed by atoms with Crippen LogP contribution >= 0.6 is 0 Å². The van der Waals surface area contributed by atoms with Crippen molar-refractivity contribution in [1.82, 2.24) is 10.6 Å². The fourth-order valence-electron chi connectivity index (χ4n) is 1.98. The molecule has 0 saturated carbocycles. The zero-order valence-electron chi connectivity index (χ0n) is 14.7. The molecule has 0 aliphatic rings. The second-order valence-electron chi connectivity index (χ2n) is 5.27. The molecule has 0 unspecified atom stereocenters. The predicted molar refractivity (Wildman–Crippen MR) is 96.2 cm³/mol. The van der Waals surface area contributed by atoms with E-state index in [-0.39, 0.29) is 0 Å². The number of hydrogen-bond acceptors (Lipinski definition) is 3. The summed E-state index contributed by atoms with van der Waals surface area (Å²) >= 11 is 0. The molecule has 1 aromatic carbocycles. The van der Waals surface area contributed by atoms with Gasteiger partial charge in [0.25, 0.3) is 0 Å². The quantitative estimate of drug-likeness (QED) is 0.374. The number of nitrogens with one attached hydrogen (secondary N) is 2. The number of aliphatic imine (C=N–C) groups is 1. The molecule has 0 heterocycles. The second-order valence-corrected chi connectivity index (χ2v) is 5.27. The van der Waals surface area contributed by atoms with Gasteiger partial charge in [-0.05, 0) is 37.5 Å². The van der Waals surface area contributed by atoms with Crippen LogP contribution < -0.4 is 15.4 Å². The van der Waals surface area contributed by atoms with Gasteiger partial charge in [0.15, 0.2) is 5.96 Å². The zero-order valence-corrected chi connectivity index (χ0v) is 14.7. The van der Waals surface area contributed by atoms with Crippen molar-refractivity contribution in [2.24, 2.45) is 4.99 Å². The lowest BCUT2D eigenvalue weighted by atomic mass is 10.2. The van der Waals surface area contributed by atoms with E-state index in [1.807, 2.05) is 31.2 Å².